The quantitative estimate of drug-likeness (QED) is 0.608. The molecule has 0 heterocycles. The third-order valence-corrected chi connectivity index (χ3v) is 1.13. The van der Waals surface area contributed by atoms with Gasteiger partial charge in [0, 0.05) is 10.8 Å². The molecule has 0 bridgehead atoms. The Kier molecular flexibility index (Phi) is 3.87. The van der Waals surface area contributed by atoms with Crippen LogP contribution in [0.5, 0.6) is 5.75 Å². The molecule has 0 saturated heterocycles. The van der Waals surface area contributed by atoms with Crippen LogP contribution >= 0.6 is 0 Å². The summed E-state index contributed by atoms with van der Waals surface area (Å²) >= 11 is 0. The Hall–Kier alpha value is -2.09. The fraction of sp³-hybridized carbons (Fsp3) is 0. The number of benzene rings is 1. The molecular formula is C7H6N2O3. The van der Waals surface area contributed by atoms with Crippen molar-refractivity contribution in [2.45, 2.75) is 0 Å². The minimum Gasteiger partial charge on any atom is -0.507 e. The van der Waals surface area contributed by atoms with Gasteiger partial charge in [-0.15, -0.1) is 0 Å². The van der Waals surface area contributed by atoms with E-state index < -0.39 is 5.97 Å². The first-order chi connectivity index (χ1) is 5.72. The van der Waals surface area contributed by atoms with E-state index in [2.05, 4.69) is 0 Å². The van der Waals surface area contributed by atoms with Crippen molar-refractivity contribution in [3.05, 3.63) is 29.8 Å². The molecular weight excluding hydrogens is 160 g/mol. The number of rotatable bonds is 1. The third-order valence-electron chi connectivity index (χ3n) is 1.13. The summed E-state index contributed by atoms with van der Waals surface area (Å²) in [5.41, 5.74) is -0.0671. The maximum atomic E-state index is 10.3. The molecule has 0 saturated carbocycles. The molecule has 2 N–H and O–H groups in total. The average Bonchev–Trinajstić information content (AvgIpc) is 2.08. The van der Waals surface area contributed by atoms with Gasteiger partial charge in [-0.05, 0) is 12.1 Å². The second-order valence-corrected chi connectivity index (χ2v) is 1.82. The number of carboxylic acid groups (broad SMARTS) is 1. The molecule has 0 radical (unpaired) electrons. The van der Waals surface area contributed by atoms with E-state index in [1.165, 1.54) is 12.1 Å². The highest BCUT2D eigenvalue weighted by atomic mass is 16.4. The van der Waals surface area contributed by atoms with Crippen molar-refractivity contribution >= 4 is 5.97 Å². The van der Waals surface area contributed by atoms with E-state index >= 15 is 0 Å². The van der Waals surface area contributed by atoms with Gasteiger partial charge >= 0.3 is 5.97 Å². The zero-order valence-corrected chi connectivity index (χ0v) is 6.01. The van der Waals surface area contributed by atoms with Crippen LogP contribution in [-0.2, 0) is 0 Å². The van der Waals surface area contributed by atoms with Crippen LogP contribution in [0, 0.1) is 10.8 Å². The van der Waals surface area contributed by atoms with E-state index in [0.717, 1.165) is 0 Å². The normalized spacial score (nSPS) is 7.83. The van der Waals surface area contributed by atoms with Crippen molar-refractivity contribution in [3.63, 3.8) is 0 Å². The number of phenols is 1. The zero-order chi connectivity index (χ0) is 9.56. The Bertz CT molecular complexity index is 296. The largest absolute Gasteiger partial charge is 0.507 e. The summed E-state index contributed by atoms with van der Waals surface area (Å²) in [5, 5.41) is 29.3. The summed E-state index contributed by atoms with van der Waals surface area (Å²) in [4.78, 5) is 10.3. The van der Waals surface area contributed by atoms with Crippen LogP contribution in [0.2, 0.25) is 0 Å². The molecule has 5 heteroatoms. The minimum atomic E-state index is -1.11. The molecule has 0 aliphatic rings. The first-order valence-corrected chi connectivity index (χ1v) is 2.93. The lowest BCUT2D eigenvalue weighted by molar-refractivity contribution is 0.0694. The smallest absolute Gasteiger partial charge is 0.339 e. The van der Waals surface area contributed by atoms with Gasteiger partial charge in [0.15, 0.2) is 0 Å². The number of carbonyl (C=O) groups is 1. The van der Waals surface area contributed by atoms with E-state index in [1.54, 1.807) is 12.1 Å². The summed E-state index contributed by atoms with van der Waals surface area (Å²) in [5.74, 6) is -1.31. The molecule has 0 unspecified atom stereocenters. The van der Waals surface area contributed by atoms with Crippen LogP contribution in [0.3, 0.4) is 0 Å². The van der Waals surface area contributed by atoms with E-state index in [4.69, 9.17) is 21.0 Å². The number of hydrogen-bond acceptors (Lipinski definition) is 4. The van der Waals surface area contributed by atoms with E-state index in [9.17, 15) is 4.79 Å². The fourth-order valence-electron chi connectivity index (χ4n) is 0.654. The van der Waals surface area contributed by atoms with Gasteiger partial charge < -0.3 is 10.2 Å². The highest BCUT2D eigenvalue weighted by Crippen LogP contribution is 2.14. The Balaban J connectivity index is 0.000000561. The number of carboxylic acids is 1. The van der Waals surface area contributed by atoms with Crippen LogP contribution < -0.4 is 0 Å². The first kappa shape index (κ1) is 9.91. The lowest BCUT2D eigenvalue weighted by atomic mass is 10.2. The molecule has 12 heavy (non-hydrogen) atoms. The van der Waals surface area contributed by atoms with Gasteiger partial charge in [0.25, 0.3) is 0 Å². The summed E-state index contributed by atoms with van der Waals surface area (Å²) in [7, 11) is 0. The highest BCUT2D eigenvalue weighted by Gasteiger charge is 2.05. The summed E-state index contributed by atoms with van der Waals surface area (Å²) in [6, 6.07) is 5.81. The van der Waals surface area contributed by atoms with Crippen molar-refractivity contribution in [1.82, 2.24) is 0 Å². The predicted molar refractivity (Wildman–Crippen MR) is 38.5 cm³/mol. The van der Waals surface area contributed by atoms with Gasteiger partial charge in [-0.2, -0.15) is 0 Å². The highest BCUT2D eigenvalue weighted by molar-refractivity contribution is 5.90. The van der Waals surface area contributed by atoms with Crippen LogP contribution in [-0.4, -0.2) is 16.2 Å². The van der Waals surface area contributed by atoms with Crippen LogP contribution in [0.1, 0.15) is 10.4 Å². The monoisotopic (exact) mass is 166 g/mol. The average molecular weight is 166 g/mol. The summed E-state index contributed by atoms with van der Waals surface area (Å²) in [6.45, 7) is 0. The molecule has 0 amide bonds. The second-order valence-electron chi connectivity index (χ2n) is 1.82. The van der Waals surface area contributed by atoms with Crippen LogP contribution in [0.25, 0.3) is 0 Å². The van der Waals surface area contributed by atoms with E-state index in [1.807, 2.05) is 0 Å². The number of hydrogen-bond donors (Lipinski definition) is 2. The number of nitrogens with zero attached hydrogens (tertiary/aromatic N) is 2. The summed E-state index contributed by atoms with van der Waals surface area (Å²) in [6.07, 6.45) is 0. The maximum Gasteiger partial charge on any atom is 0.339 e. The molecule has 1 aromatic rings. The van der Waals surface area contributed by atoms with Gasteiger partial charge in [-0.3, -0.25) is 0 Å². The molecule has 1 rings (SSSR count). The molecule has 0 spiro atoms. The fourth-order valence-corrected chi connectivity index (χ4v) is 0.654. The molecule has 62 valence electrons. The van der Waals surface area contributed by atoms with Crippen molar-refractivity contribution in [1.29, 1.82) is 10.8 Å². The predicted octanol–water partition coefficient (Wildman–Crippen LogP) is 1.12. The van der Waals surface area contributed by atoms with E-state index in [-0.39, 0.29) is 11.3 Å². The van der Waals surface area contributed by atoms with Gasteiger partial charge in [-0.1, -0.05) is 12.1 Å². The first-order valence-electron chi connectivity index (χ1n) is 2.93. The lowest BCUT2D eigenvalue weighted by Gasteiger charge is -1.95. The Labute approximate surface area is 68.3 Å². The second kappa shape index (κ2) is 4.68. The van der Waals surface area contributed by atoms with Gasteiger partial charge in [0.2, 0.25) is 0 Å². The standard InChI is InChI=1S/C7H6O3.N2/c8-6-4-2-1-3-5(6)7(9)10;1-2/h1-4,8H,(H,9,10);. The number of para-hydroxylation sites is 1. The summed E-state index contributed by atoms with van der Waals surface area (Å²) < 4.78 is 0. The SMILES string of the molecule is N#N.O=C(O)c1ccccc1O. The molecule has 5 nitrogen and oxygen atoms in total. The Morgan fingerprint density at radius 2 is 1.75 bits per heavy atom. The zero-order valence-electron chi connectivity index (χ0n) is 6.01. The third kappa shape index (κ3) is 2.27. The van der Waals surface area contributed by atoms with Crippen molar-refractivity contribution < 1.29 is 15.0 Å². The van der Waals surface area contributed by atoms with Crippen molar-refractivity contribution in [2.24, 2.45) is 0 Å². The topological polar surface area (TPSA) is 105 Å². The molecule has 0 aliphatic heterocycles. The molecule has 0 aromatic heterocycles. The number of aromatic carboxylic acids is 1. The van der Waals surface area contributed by atoms with Crippen molar-refractivity contribution in [2.75, 3.05) is 0 Å². The molecule has 0 atom stereocenters. The van der Waals surface area contributed by atoms with Gasteiger partial charge in [0.05, 0.1) is 0 Å². The number of aromatic hydroxyl groups is 1. The molecule has 1 aromatic carbocycles. The Morgan fingerprint density at radius 1 is 1.25 bits per heavy atom. The Morgan fingerprint density at radius 3 is 2.08 bits per heavy atom. The minimum absolute atomic E-state index is 0.0671. The maximum absolute atomic E-state index is 10.3. The van der Waals surface area contributed by atoms with Crippen LogP contribution in [0.4, 0.5) is 0 Å². The van der Waals surface area contributed by atoms with Gasteiger partial charge in [0.1, 0.15) is 11.3 Å². The molecule has 0 fully saturated rings. The van der Waals surface area contributed by atoms with Crippen molar-refractivity contribution in [3.8, 4) is 5.75 Å². The van der Waals surface area contributed by atoms with Crippen LogP contribution in [0.15, 0.2) is 24.3 Å². The lowest BCUT2D eigenvalue weighted by Crippen LogP contribution is -1.95. The van der Waals surface area contributed by atoms with Gasteiger partial charge in [-0.25, -0.2) is 4.79 Å². The van der Waals surface area contributed by atoms with E-state index in [0.29, 0.717) is 0 Å². The molecule has 0 aliphatic carbocycles.